The van der Waals surface area contributed by atoms with Crippen LogP contribution in [0.15, 0.2) is 0 Å². The lowest BCUT2D eigenvalue weighted by Gasteiger charge is -2.20. The van der Waals surface area contributed by atoms with Gasteiger partial charge in [-0.25, -0.2) is 9.59 Å². The SMILES string of the molecule is CCCCCCCCOC(CCC(=O)OCC(C)COC(=O)OCC(CCCCCC)OC(=O)NCCN1CCCC1)OCCCCCCCC. The van der Waals surface area contributed by atoms with Gasteiger partial charge in [0.15, 0.2) is 6.29 Å². The number of nitrogens with zero attached hydrogens (tertiary/aromatic N) is 1. The first-order chi connectivity index (χ1) is 24.9. The molecule has 11 nitrogen and oxygen atoms in total. The zero-order valence-electron chi connectivity index (χ0n) is 33.1. The Bertz CT molecular complexity index is 823. The maximum atomic E-state index is 12.6. The Labute approximate surface area is 310 Å². The minimum Gasteiger partial charge on any atom is -0.465 e. The van der Waals surface area contributed by atoms with Gasteiger partial charge in [-0.15, -0.1) is 0 Å². The normalized spacial score (nSPS) is 14.4. The minimum absolute atomic E-state index is 0.0382. The van der Waals surface area contributed by atoms with Crippen LogP contribution in [0.1, 0.15) is 163 Å². The molecule has 1 aliphatic rings. The van der Waals surface area contributed by atoms with Gasteiger partial charge in [0.2, 0.25) is 0 Å². The highest BCUT2D eigenvalue weighted by atomic mass is 16.7. The Morgan fingerprint density at radius 2 is 1.18 bits per heavy atom. The van der Waals surface area contributed by atoms with Gasteiger partial charge in [0.1, 0.15) is 19.3 Å². The first kappa shape index (κ1) is 46.9. The fourth-order valence-corrected chi connectivity index (χ4v) is 5.90. The third kappa shape index (κ3) is 29.1. The average Bonchev–Trinajstić information content (AvgIpc) is 3.65. The zero-order valence-corrected chi connectivity index (χ0v) is 33.1. The highest BCUT2D eigenvalue weighted by Gasteiger charge is 2.20. The van der Waals surface area contributed by atoms with Crippen molar-refractivity contribution >= 4 is 18.2 Å². The van der Waals surface area contributed by atoms with Crippen molar-refractivity contribution in [3.8, 4) is 0 Å². The molecule has 1 saturated heterocycles. The zero-order chi connectivity index (χ0) is 37.2. The lowest BCUT2D eigenvalue weighted by atomic mass is 10.1. The average molecular weight is 729 g/mol. The highest BCUT2D eigenvalue weighted by molar-refractivity contribution is 5.69. The number of nitrogens with one attached hydrogen (secondary N) is 1. The Hall–Kier alpha value is -2.11. The van der Waals surface area contributed by atoms with Gasteiger partial charge in [-0.2, -0.15) is 0 Å². The summed E-state index contributed by atoms with van der Waals surface area (Å²) < 4.78 is 33.7. The maximum absolute atomic E-state index is 12.6. The Balaban J connectivity index is 2.35. The van der Waals surface area contributed by atoms with Crippen molar-refractivity contribution in [1.82, 2.24) is 10.2 Å². The third-order valence-electron chi connectivity index (χ3n) is 9.14. The molecule has 300 valence electrons. The maximum Gasteiger partial charge on any atom is 0.508 e. The van der Waals surface area contributed by atoms with E-state index < -0.39 is 24.6 Å². The van der Waals surface area contributed by atoms with Crippen LogP contribution in [0.5, 0.6) is 0 Å². The van der Waals surface area contributed by atoms with E-state index in [1.807, 2.05) is 6.92 Å². The first-order valence-electron chi connectivity index (χ1n) is 20.7. The topological polar surface area (TPSA) is 122 Å². The monoisotopic (exact) mass is 729 g/mol. The molecular formula is C40H76N2O9. The molecule has 2 atom stereocenters. The van der Waals surface area contributed by atoms with E-state index in [4.69, 9.17) is 28.4 Å². The second kappa shape index (κ2) is 33.7. The van der Waals surface area contributed by atoms with E-state index >= 15 is 0 Å². The van der Waals surface area contributed by atoms with E-state index in [1.54, 1.807) is 0 Å². The number of unbranched alkanes of at least 4 members (excludes halogenated alkanes) is 13. The lowest BCUT2D eigenvalue weighted by Crippen LogP contribution is -2.36. The molecule has 1 amide bonds. The minimum atomic E-state index is -0.836. The molecule has 51 heavy (non-hydrogen) atoms. The fourth-order valence-electron chi connectivity index (χ4n) is 5.90. The number of rotatable bonds is 34. The molecule has 1 aliphatic heterocycles. The Morgan fingerprint density at radius 3 is 1.78 bits per heavy atom. The Morgan fingerprint density at radius 1 is 0.647 bits per heavy atom. The van der Waals surface area contributed by atoms with Crippen LogP contribution in [0.25, 0.3) is 0 Å². The molecule has 0 aromatic carbocycles. The van der Waals surface area contributed by atoms with Crippen LogP contribution in [0.2, 0.25) is 0 Å². The fraction of sp³-hybridized carbons (Fsp3) is 0.925. The van der Waals surface area contributed by atoms with Gasteiger partial charge in [0.25, 0.3) is 0 Å². The van der Waals surface area contributed by atoms with Crippen LogP contribution in [-0.2, 0) is 33.2 Å². The van der Waals surface area contributed by atoms with Crippen LogP contribution >= 0.6 is 0 Å². The van der Waals surface area contributed by atoms with E-state index in [9.17, 15) is 14.4 Å². The molecule has 0 radical (unpaired) electrons. The number of hydrogen-bond donors (Lipinski definition) is 1. The molecule has 0 aromatic heterocycles. The van der Waals surface area contributed by atoms with E-state index in [0.717, 1.165) is 71.0 Å². The van der Waals surface area contributed by atoms with Crippen molar-refractivity contribution in [2.24, 2.45) is 5.92 Å². The van der Waals surface area contributed by atoms with Gasteiger partial charge in [0, 0.05) is 38.6 Å². The van der Waals surface area contributed by atoms with Crippen LogP contribution in [0.4, 0.5) is 9.59 Å². The van der Waals surface area contributed by atoms with Crippen molar-refractivity contribution < 1.29 is 42.8 Å². The summed E-state index contributed by atoms with van der Waals surface area (Å²) in [5, 5.41) is 2.82. The van der Waals surface area contributed by atoms with E-state index in [-0.39, 0.29) is 38.1 Å². The van der Waals surface area contributed by atoms with Gasteiger partial charge in [-0.05, 0) is 51.6 Å². The predicted molar refractivity (Wildman–Crippen MR) is 202 cm³/mol. The number of amides is 1. The molecular weight excluding hydrogens is 652 g/mol. The summed E-state index contributed by atoms with van der Waals surface area (Å²) in [5.41, 5.74) is 0. The second-order valence-electron chi connectivity index (χ2n) is 14.3. The summed E-state index contributed by atoms with van der Waals surface area (Å²) in [6, 6.07) is 0. The Kier molecular flexibility index (Phi) is 31.0. The van der Waals surface area contributed by atoms with Crippen LogP contribution in [0, 0.1) is 5.92 Å². The van der Waals surface area contributed by atoms with Gasteiger partial charge < -0.3 is 38.6 Å². The van der Waals surface area contributed by atoms with Crippen LogP contribution in [0.3, 0.4) is 0 Å². The summed E-state index contributed by atoms with van der Waals surface area (Å²) in [6.45, 7) is 13.2. The summed E-state index contributed by atoms with van der Waals surface area (Å²) in [5.74, 6) is -0.546. The molecule has 0 aromatic rings. The van der Waals surface area contributed by atoms with Crippen molar-refractivity contribution in [2.45, 2.75) is 175 Å². The summed E-state index contributed by atoms with van der Waals surface area (Å²) >= 11 is 0. The van der Waals surface area contributed by atoms with Crippen molar-refractivity contribution in [3.63, 3.8) is 0 Å². The number of likely N-dealkylation sites (tertiary alicyclic amines) is 1. The third-order valence-corrected chi connectivity index (χ3v) is 9.14. The van der Waals surface area contributed by atoms with Crippen molar-refractivity contribution in [2.75, 3.05) is 59.2 Å². The molecule has 0 bridgehead atoms. The van der Waals surface area contributed by atoms with Gasteiger partial charge >= 0.3 is 18.2 Å². The van der Waals surface area contributed by atoms with E-state index in [0.29, 0.717) is 32.6 Å². The summed E-state index contributed by atoms with van der Waals surface area (Å²) in [6.07, 6.45) is 19.7. The molecule has 11 heteroatoms. The van der Waals surface area contributed by atoms with Gasteiger partial charge in [-0.1, -0.05) is 111 Å². The largest absolute Gasteiger partial charge is 0.508 e. The molecule has 0 saturated carbocycles. The van der Waals surface area contributed by atoms with Gasteiger partial charge in [0.05, 0.1) is 13.0 Å². The molecule has 0 spiro atoms. The standard InChI is InChI=1S/C40H76N2O9/c1-5-8-11-14-16-21-30-46-38(47-31-22-17-15-12-9-6-2)25-24-37(43)48-32-35(4)33-49-40(45)50-34-36(23-18-13-10-7-3)51-39(44)41-26-29-42-27-19-20-28-42/h35-36,38H,5-34H2,1-4H3,(H,41,44). The quantitative estimate of drug-likeness (QED) is 0.0297. The number of carbonyl (C=O) groups excluding carboxylic acids is 3. The molecule has 1 fully saturated rings. The van der Waals surface area contributed by atoms with Crippen LogP contribution in [-0.4, -0.2) is 94.7 Å². The molecule has 1 rings (SSSR count). The van der Waals surface area contributed by atoms with Crippen molar-refractivity contribution in [1.29, 1.82) is 0 Å². The smallest absolute Gasteiger partial charge is 0.465 e. The van der Waals surface area contributed by atoms with Gasteiger partial charge in [-0.3, -0.25) is 4.79 Å². The summed E-state index contributed by atoms with van der Waals surface area (Å²) in [4.78, 5) is 39.6. The van der Waals surface area contributed by atoms with E-state index in [2.05, 4.69) is 31.0 Å². The number of hydrogen-bond acceptors (Lipinski definition) is 10. The molecule has 0 aliphatic carbocycles. The van der Waals surface area contributed by atoms with Crippen molar-refractivity contribution in [3.05, 3.63) is 0 Å². The number of carbonyl (C=O) groups is 3. The first-order valence-corrected chi connectivity index (χ1v) is 20.7. The van der Waals surface area contributed by atoms with E-state index in [1.165, 1.54) is 64.2 Å². The highest BCUT2D eigenvalue weighted by Crippen LogP contribution is 2.14. The summed E-state index contributed by atoms with van der Waals surface area (Å²) in [7, 11) is 0. The molecule has 1 N–H and O–H groups in total. The number of alkyl carbamates (subject to hydrolysis) is 1. The predicted octanol–water partition coefficient (Wildman–Crippen LogP) is 9.34. The second-order valence-corrected chi connectivity index (χ2v) is 14.3. The molecule has 2 unspecified atom stereocenters. The number of ether oxygens (including phenoxy) is 6. The lowest BCUT2D eigenvalue weighted by molar-refractivity contribution is -0.160. The number of esters is 1. The van der Waals surface area contributed by atoms with Crippen LogP contribution < -0.4 is 5.32 Å². The molecule has 1 heterocycles.